The highest BCUT2D eigenvalue weighted by Crippen LogP contribution is 2.15. The second-order valence-corrected chi connectivity index (χ2v) is 4.23. The summed E-state index contributed by atoms with van der Waals surface area (Å²) in [6.07, 6.45) is 4.69. The van der Waals surface area contributed by atoms with Gasteiger partial charge in [0.1, 0.15) is 13.6 Å². The van der Waals surface area contributed by atoms with Crippen LogP contribution >= 0.6 is 0 Å². The van der Waals surface area contributed by atoms with Crippen molar-refractivity contribution in [2.24, 2.45) is 0 Å². The zero-order valence-corrected chi connectivity index (χ0v) is 11.0. The summed E-state index contributed by atoms with van der Waals surface area (Å²) in [5.41, 5.74) is 3.11. The minimum atomic E-state index is 0.647. The molecule has 0 bridgehead atoms. The van der Waals surface area contributed by atoms with E-state index in [0.717, 1.165) is 23.2 Å². The first-order chi connectivity index (χ1) is 8.19. The summed E-state index contributed by atoms with van der Waals surface area (Å²) >= 11 is 0. The molecule has 0 heterocycles. The fourth-order valence-electron chi connectivity index (χ4n) is 1.82. The van der Waals surface area contributed by atoms with E-state index in [1.165, 1.54) is 24.8 Å². The lowest BCUT2D eigenvalue weighted by Gasteiger charge is -2.11. The SMILES string of the molecule is [B]c1ccc(C(=C)OCC)cc1CCCCC. The summed E-state index contributed by atoms with van der Waals surface area (Å²) in [6, 6.07) is 6.01. The molecule has 1 aromatic rings. The van der Waals surface area contributed by atoms with E-state index in [0.29, 0.717) is 6.61 Å². The van der Waals surface area contributed by atoms with Gasteiger partial charge in [-0.2, -0.15) is 0 Å². The molecule has 0 N–H and O–H groups in total. The molecule has 17 heavy (non-hydrogen) atoms. The molecule has 0 unspecified atom stereocenters. The van der Waals surface area contributed by atoms with E-state index in [4.69, 9.17) is 12.6 Å². The first-order valence-corrected chi connectivity index (χ1v) is 6.39. The van der Waals surface area contributed by atoms with Crippen LogP contribution in [0.2, 0.25) is 0 Å². The molecule has 0 aromatic heterocycles. The Morgan fingerprint density at radius 2 is 2.06 bits per heavy atom. The summed E-state index contributed by atoms with van der Waals surface area (Å²) in [6.45, 7) is 8.73. The molecule has 0 aliphatic heterocycles. The standard InChI is InChI=1S/C15H21BO/c1-4-6-7-8-14-11-13(9-10-15(14)16)12(3)17-5-2/h9-11H,3-8H2,1-2H3. The van der Waals surface area contributed by atoms with Gasteiger partial charge in [-0.1, -0.05) is 49.5 Å². The number of hydrogen-bond donors (Lipinski definition) is 0. The predicted octanol–water partition coefficient (Wildman–Crippen LogP) is 3.22. The topological polar surface area (TPSA) is 9.23 Å². The zero-order valence-electron chi connectivity index (χ0n) is 11.0. The largest absolute Gasteiger partial charge is 0.494 e. The monoisotopic (exact) mass is 228 g/mol. The summed E-state index contributed by atoms with van der Waals surface area (Å²) in [7, 11) is 5.98. The second kappa shape index (κ2) is 7.21. The molecule has 0 fully saturated rings. The summed E-state index contributed by atoms with van der Waals surface area (Å²) < 4.78 is 5.41. The van der Waals surface area contributed by atoms with Gasteiger partial charge in [0.2, 0.25) is 0 Å². The van der Waals surface area contributed by atoms with E-state index in [-0.39, 0.29) is 0 Å². The fourth-order valence-corrected chi connectivity index (χ4v) is 1.82. The van der Waals surface area contributed by atoms with Gasteiger partial charge in [0.25, 0.3) is 0 Å². The quantitative estimate of drug-likeness (QED) is 0.395. The zero-order chi connectivity index (χ0) is 12.7. The molecular formula is C15H21BO. The van der Waals surface area contributed by atoms with Crippen LogP contribution in [0.4, 0.5) is 0 Å². The van der Waals surface area contributed by atoms with Crippen LogP contribution in [0.5, 0.6) is 0 Å². The Kier molecular flexibility index (Phi) is 5.89. The van der Waals surface area contributed by atoms with Crippen molar-refractivity contribution in [3.8, 4) is 0 Å². The molecular weight excluding hydrogens is 207 g/mol. The molecule has 0 atom stereocenters. The van der Waals surface area contributed by atoms with Crippen LogP contribution in [-0.2, 0) is 11.2 Å². The van der Waals surface area contributed by atoms with E-state index in [2.05, 4.69) is 19.6 Å². The normalized spacial score (nSPS) is 10.2. The molecule has 90 valence electrons. The molecule has 0 aliphatic rings. The predicted molar refractivity (Wildman–Crippen MR) is 75.7 cm³/mol. The Labute approximate surface area is 106 Å². The number of rotatable bonds is 7. The molecule has 1 rings (SSSR count). The van der Waals surface area contributed by atoms with E-state index in [1.54, 1.807) is 0 Å². The van der Waals surface area contributed by atoms with Gasteiger partial charge in [0.05, 0.1) is 6.61 Å². The maximum absolute atomic E-state index is 5.98. The molecule has 0 saturated heterocycles. The number of aryl methyl sites for hydroxylation is 1. The minimum Gasteiger partial charge on any atom is -0.494 e. The van der Waals surface area contributed by atoms with Crippen LogP contribution in [0.15, 0.2) is 24.8 Å². The van der Waals surface area contributed by atoms with Gasteiger partial charge in [-0.25, -0.2) is 0 Å². The van der Waals surface area contributed by atoms with E-state index >= 15 is 0 Å². The van der Waals surface area contributed by atoms with Gasteiger partial charge >= 0.3 is 0 Å². The maximum Gasteiger partial charge on any atom is 0.119 e. The number of benzene rings is 1. The van der Waals surface area contributed by atoms with Gasteiger partial charge in [0, 0.05) is 5.56 Å². The lowest BCUT2D eigenvalue weighted by molar-refractivity contribution is 0.299. The number of hydrogen-bond acceptors (Lipinski definition) is 1. The fraction of sp³-hybridized carbons (Fsp3) is 0.467. The van der Waals surface area contributed by atoms with E-state index in [1.807, 2.05) is 19.1 Å². The third-order valence-electron chi connectivity index (χ3n) is 2.83. The van der Waals surface area contributed by atoms with Gasteiger partial charge in [-0.3, -0.25) is 0 Å². The third-order valence-corrected chi connectivity index (χ3v) is 2.83. The maximum atomic E-state index is 5.98. The van der Waals surface area contributed by atoms with Crippen LogP contribution in [0.1, 0.15) is 44.2 Å². The molecule has 0 amide bonds. The molecule has 1 nitrogen and oxygen atoms in total. The number of unbranched alkanes of at least 4 members (excludes halogenated alkanes) is 2. The highest BCUT2D eigenvalue weighted by Gasteiger charge is 2.03. The Morgan fingerprint density at radius 3 is 2.71 bits per heavy atom. The van der Waals surface area contributed by atoms with Crippen molar-refractivity contribution in [3.05, 3.63) is 35.9 Å². The van der Waals surface area contributed by atoms with Crippen LogP contribution in [0.25, 0.3) is 5.76 Å². The molecule has 2 radical (unpaired) electrons. The first kappa shape index (κ1) is 13.9. The lowest BCUT2D eigenvalue weighted by Crippen LogP contribution is -2.11. The van der Waals surface area contributed by atoms with E-state index < -0.39 is 0 Å². The molecule has 0 aliphatic carbocycles. The van der Waals surface area contributed by atoms with Crippen LogP contribution in [-0.4, -0.2) is 14.5 Å². The average molecular weight is 228 g/mol. The van der Waals surface area contributed by atoms with Gasteiger partial charge < -0.3 is 4.74 Å². The highest BCUT2D eigenvalue weighted by molar-refractivity contribution is 6.33. The van der Waals surface area contributed by atoms with Crippen molar-refractivity contribution in [1.82, 2.24) is 0 Å². The molecule has 1 aromatic carbocycles. The van der Waals surface area contributed by atoms with E-state index in [9.17, 15) is 0 Å². The molecule has 2 heteroatoms. The van der Waals surface area contributed by atoms with Gasteiger partial charge in [-0.05, 0) is 25.8 Å². The highest BCUT2D eigenvalue weighted by atomic mass is 16.5. The Morgan fingerprint density at radius 1 is 1.29 bits per heavy atom. The van der Waals surface area contributed by atoms with Gasteiger partial charge in [0.15, 0.2) is 0 Å². The Bertz CT molecular complexity index is 371. The van der Waals surface area contributed by atoms with Crippen LogP contribution in [0, 0.1) is 0 Å². The van der Waals surface area contributed by atoms with Crippen molar-refractivity contribution < 1.29 is 4.74 Å². The van der Waals surface area contributed by atoms with Crippen molar-refractivity contribution >= 4 is 19.1 Å². The Hall–Kier alpha value is -1.18. The minimum absolute atomic E-state index is 0.647. The molecule has 0 spiro atoms. The smallest absolute Gasteiger partial charge is 0.119 e. The average Bonchev–Trinajstić information content (AvgIpc) is 2.32. The third kappa shape index (κ3) is 4.30. The van der Waals surface area contributed by atoms with Crippen LogP contribution < -0.4 is 5.46 Å². The summed E-state index contributed by atoms with van der Waals surface area (Å²) in [4.78, 5) is 0. The van der Waals surface area contributed by atoms with Crippen molar-refractivity contribution in [3.63, 3.8) is 0 Å². The molecule has 0 saturated carbocycles. The van der Waals surface area contributed by atoms with Crippen molar-refractivity contribution in [2.45, 2.75) is 39.5 Å². The Balaban J connectivity index is 2.75. The summed E-state index contributed by atoms with van der Waals surface area (Å²) in [5.74, 6) is 0.726. The van der Waals surface area contributed by atoms with Gasteiger partial charge in [-0.15, -0.1) is 0 Å². The lowest BCUT2D eigenvalue weighted by atomic mass is 9.86. The number of ether oxygens (including phenoxy) is 1. The van der Waals surface area contributed by atoms with Crippen molar-refractivity contribution in [2.75, 3.05) is 6.61 Å². The summed E-state index contributed by atoms with van der Waals surface area (Å²) in [5, 5.41) is 0. The van der Waals surface area contributed by atoms with Crippen molar-refractivity contribution in [1.29, 1.82) is 0 Å². The first-order valence-electron chi connectivity index (χ1n) is 6.39. The second-order valence-electron chi connectivity index (χ2n) is 4.23. The van der Waals surface area contributed by atoms with Crippen LogP contribution in [0.3, 0.4) is 0 Å².